The van der Waals surface area contributed by atoms with E-state index in [4.69, 9.17) is 5.41 Å². The van der Waals surface area contributed by atoms with Crippen molar-refractivity contribution in [1.82, 2.24) is 4.98 Å². The number of rotatable bonds is 1. The minimum Gasteiger partial charge on any atom is -0.359 e. The van der Waals surface area contributed by atoms with Crippen LogP contribution in [0.5, 0.6) is 0 Å². The molecule has 0 spiro atoms. The summed E-state index contributed by atoms with van der Waals surface area (Å²) in [4.78, 5) is 3.19. The van der Waals surface area contributed by atoms with E-state index in [1.54, 1.807) is 6.07 Å². The first-order valence-corrected chi connectivity index (χ1v) is 5.57. The Morgan fingerprint density at radius 3 is 2.35 bits per heavy atom. The van der Waals surface area contributed by atoms with Crippen molar-refractivity contribution in [3.05, 3.63) is 66.2 Å². The second-order valence-electron chi connectivity index (χ2n) is 3.99. The van der Waals surface area contributed by atoms with Crippen LogP contribution in [0.4, 0.5) is 0 Å². The Balaban J connectivity index is 2.38. The van der Waals surface area contributed by atoms with Crippen molar-refractivity contribution >= 4 is 10.9 Å². The Morgan fingerprint density at radius 1 is 0.824 bits per heavy atom. The molecule has 0 unspecified atom stereocenters. The van der Waals surface area contributed by atoms with Crippen LogP contribution in [0.15, 0.2) is 60.8 Å². The summed E-state index contributed by atoms with van der Waals surface area (Å²) >= 11 is 0. The van der Waals surface area contributed by atoms with Crippen LogP contribution < -0.4 is 5.36 Å². The third kappa shape index (κ3) is 1.64. The van der Waals surface area contributed by atoms with Gasteiger partial charge in [-0.1, -0.05) is 48.5 Å². The molecular formula is C15H12N2. The normalized spacial score (nSPS) is 10.6. The molecule has 0 aliphatic rings. The lowest BCUT2D eigenvalue weighted by Gasteiger charge is -1.96. The van der Waals surface area contributed by atoms with Crippen molar-refractivity contribution in [3.63, 3.8) is 0 Å². The molecule has 82 valence electrons. The van der Waals surface area contributed by atoms with Crippen LogP contribution in [-0.2, 0) is 0 Å². The fourth-order valence-electron chi connectivity index (χ4n) is 2.07. The van der Waals surface area contributed by atoms with Gasteiger partial charge in [0.25, 0.3) is 0 Å². The van der Waals surface area contributed by atoms with Gasteiger partial charge in [0.2, 0.25) is 0 Å². The molecule has 3 aromatic rings. The van der Waals surface area contributed by atoms with E-state index in [1.807, 2.05) is 42.6 Å². The fraction of sp³-hybridized carbons (Fsp3) is 0. The number of nitrogens with one attached hydrogen (secondary N) is 2. The molecule has 0 saturated heterocycles. The number of benzene rings is 1. The lowest BCUT2D eigenvalue weighted by atomic mass is 10.1. The highest BCUT2D eigenvalue weighted by Gasteiger charge is 2.04. The molecule has 0 radical (unpaired) electrons. The van der Waals surface area contributed by atoms with Gasteiger partial charge in [-0.15, -0.1) is 0 Å². The number of hydrogen-bond donors (Lipinski definition) is 2. The van der Waals surface area contributed by atoms with Crippen LogP contribution >= 0.6 is 0 Å². The molecule has 0 amide bonds. The fourth-order valence-corrected chi connectivity index (χ4v) is 2.07. The number of hydrogen-bond acceptors (Lipinski definition) is 1. The zero-order chi connectivity index (χ0) is 11.7. The van der Waals surface area contributed by atoms with E-state index in [2.05, 4.69) is 17.1 Å². The quantitative estimate of drug-likeness (QED) is 0.631. The van der Waals surface area contributed by atoms with Crippen LogP contribution in [-0.4, -0.2) is 4.98 Å². The average molecular weight is 220 g/mol. The Labute approximate surface area is 99.1 Å². The van der Waals surface area contributed by atoms with Gasteiger partial charge in [0.05, 0.1) is 10.9 Å². The van der Waals surface area contributed by atoms with Crippen molar-refractivity contribution in [2.75, 3.05) is 0 Å². The Morgan fingerprint density at radius 2 is 1.53 bits per heavy atom. The van der Waals surface area contributed by atoms with Crippen molar-refractivity contribution in [2.45, 2.75) is 0 Å². The van der Waals surface area contributed by atoms with E-state index in [0.717, 1.165) is 16.5 Å². The smallest absolute Gasteiger partial charge is 0.0781 e. The predicted molar refractivity (Wildman–Crippen MR) is 69.6 cm³/mol. The van der Waals surface area contributed by atoms with Gasteiger partial charge < -0.3 is 4.98 Å². The van der Waals surface area contributed by atoms with Crippen LogP contribution in [0, 0.1) is 5.41 Å². The molecule has 2 aromatic carbocycles. The van der Waals surface area contributed by atoms with Crippen LogP contribution in [0.1, 0.15) is 0 Å². The van der Waals surface area contributed by atoms with Crippen LogP contribution in [0.3, 0.4) is 0 Å². The van der Waals surface area contributed by atoms with Crippen LogP contribution in [0.2, 0.25) is 0 Å². The van der Waals surface area contributed by atoms with Gasteiger partial charge in [0.1, 0.15) is 0 Å². The van der Waals surface area contributed by atoms with Gasteiger partial charge in [0, 0.05) is 17.1 Å². The average Bonchev–Trinajstić information content (AvgIpc) is 2.71. The topological polar surface area (TPSA) is 39.6 Å². The van der Waals surface area contributed by atoms with E-state index in [0.29, 0.717) is 5.36 Å². The molecule has 1 heterocycles. The summed E-state index contributed by atoms with van der Waals surface area (Å²) < 4.78 is 0. The highest BCUT2D eigenvalue weighted by Crippen LogP contribution is 2.26. The van der Waals surface area contributed by atoms with Crippen molar-refractivity contribution in [3.8, 4) is 11.1 Å². The lowest BCUT2D eigenvalue weighted by Crippen LogP contribution is -1.94. The van der Waals surface area contributed by atoms with Crippen molar-refractivity contribution in [2.24, 2.45) is 0 Å². The minimum atomic E-state index is 0.521. The summed E-state index contributed by atoms with van der Waals surface area (Å²) in [5.74, 6) is 0. The molecule has 17 heavy (non-hydrogen) atoms. The SMILES string of the molecule is N=c1ccccc2c(-c3ccccc3)c[nH]c12. The molecular weight excluding hydrogens is 208 g/mol. The maximum atomic E-state index is 7.93. The zero-order valence-electron chi connectivity index (χ0n) is 9.27. The maximum absolute atomic E-state index is 7.93. The summed E-state index contributed by atoms with van der Waals surface area (Å²) in [5, 5.41) is 9.54. The molecule has 0 aliphatic heterocycles. The van der Waals surface area contributed by atoms with Gasteiger partial charge in [-0.25, -0.2) is 0 Å². The number of aromatic amines is 1. The van der Waals surface area contributed by atoms with E-state index >= 15 is 0 Å². The molecule has 1 aromatic heterocycles. The summed E-state index contributed by atoms with van der Waals surface area (Å²) in [6.45, 7) is 0. The van der Waals surface area contributed by atoms with Gasteiger partial charge in [-0.05, 0) is 11.6 Å². The maximum Gasteiger partial charge on any atom is 0.0781 e. The molecule has 0 atom stereocenters. The van der Waals surface area contributed by atoms with E-state index in [1.165, 1.54) is 5.56 Å². The number of fused-ring (bicyclic) bond motifs is 1. The first-order valence-electron chi connectivity index (χ1n) is 5.57. The second kappa shape index (κ2) is 3.91. The standard InChI is InChI=1S/C15H12N2/c16-14-9-5-4-8-12-13(10-17-15(12)14)11-6-2-1-3-7-11/h1-10,16-17H. The second-order valence-corrected chi connectivity index (χ2v) is 3.99. The number of H-pyrrole nitrogens is 1. The lowest BCUT2D eigenvalue weighted by molar-refractivity contribution is 1.29. The highest BCUT2D eigenvalue weighted by atomic mass is 14.7. The van der Waals surface area contributed by atoms with Gasteiger partial charge in [-0.2, -0.15) is 0 Å². The molecule has 3 rings (SSSR count). The first kappa shape index (κ1) is 9.85. The molecule has 2 heteroatoms. The van der Waals surface area contributed by atoms with Crippen molar-refractivity contribution in [1.29, 1.82) is 5.41 Å². The Kier molecular flexibility index (Phi) is 2.26. The zero-order valence-corrected chi connectivity index (χ0v) is 9.27. The van der Waals surface area contributed by atoms with Crippen LogP contribution in [0.25, 0.3) is 22.0 Å². The molecule has 2 N–H and O–H groups in total. The predicted octanol–water partition coefficient (Wildman–Crippen LogP) is 3.31. The largest absolute Gasteiger partial charge is 0.359 e. The van der Waals surface area contributed by atoms with Crippen molar-refractivity contribution < 1.29 is 0 Å². The van der Waals surface area contributed by atoms with E-state index < -0.39 is 0 Å². The third-order valence-corrected chi connectivity index (χ3v) is 2.91. The molecule has 0 aliphatic carbocycles. The Bertz CT molecular complexity index is 712. The summed E-state index contributed by atoms with van der Waals surface area (Å²) in [6, 6.07) is 17.9. The molecule has 2 nitrogen and oxygen atoms in total. The molecule has 0 bridgehead atoms. The molecule has 0 saturated carbocycles. The summed E-state index contributed by atoms with van der Waals surface area (Å²) in [6.07, 6.45) is 1.97. The summed E-state index contributed by atoms with van der Waals surface area (Å²) in [5.41, 5.74) is 3.20. The van der Waals surface area contributed by atoms with Gasteiger partial charge in [-0.3, -0.25) is 5.41 Å². The monoisotopic (exact) mass is 220 g/mol. The summed E-state index contributed by atoms with van der Waals surface area (Å²) in [7, 11) is 0. The minimum absolute atomic E-state index is 0.521. The third-order valence-electron chi connectivity index (χ3n) is 2.91. The van der Waals surface area contributed by atoms with E-state index in [9.17, 15) is 0 Å². The van der Waals surface area contributed by atoms with Gasteiger partial charge >= 0.3 is 0 Å². The Hall–Kier alpha value is -2.35. The number of aromatic nitrogens is 1. The van der Waals surface area contributed by atoms with Gasteiger partial charge in [0.15, 0.2) is 0 Å². The van der Waals surface area contributed by atoms with E-state index in [-0.39, 0.29) is 0 Å². The first-order chi connectivity index (χ1) is 8.36. The highest BCUT2D eigenvalue weighted by molar-refractivity contribution is 5.94. The molecule has 0 fully saturated rings.